The molecule has 0 aromatic carbocycles. The highest BCUT2D eigenvalue weighted by Crippen LogP contribution is 2.16. The van der Waals surface area contributed by atoms with Gasteiger partial charge in [0.2, 0.25) is 0 Å². The Hall–Kier alpha value is -0.670. The zero-order chi connectivity index (χ0) is 11.2. The van der Waals surface area contributed by atoms with Crippen molar-refractivity contribution >= 4 is 17.1 Å². The van der Waals surface area contributed by atoms with Gasteiger partial charge in [-0.25, -0.2) is 0 Å². The van der Waals surface area contributed by atoms with E-state index < -0.39 is 0 Å². The molecule has 1 aromatic heterocycles. The molecule has 1 aliphatic heterocycles. The summed E-state index contributed by atoms with van der Waals surface area (Å²) < 4.78 is 0. The van der Waals surface area contributed by atoms with Gasteiger partial charge < -0.3 is 5.32 Å². The minimum Gasteiger partial charge on any atom is -0.316 e. The van der Waals surface area contributed by atoms with Gasteiger partial charge in [0.05, 0.1) is 0 Å². The third kappa shape index (κ3) is 3.72. The minimum absolute atomic E-state index is 0.430. The standard InChI is InChI=1S/C13H19NOS/c15-13(4-3-11-5-7-16-10-11)8-12-2-1-6-14-9-12/h5,7,10,12,14H,1-4,6,8-9H2. The molecule has 3 heteroatoms. The van der Waals surface area contributed by atoms with Gasteiger partial charge in [0, 0.05) is 12.8 Å². The van der Waals surface area contributed by atoms with Crippen molar-refractivity contribution < 1.29 is 4.79 Å². The van der Waals surface area contributed by atoms with Gasteiger partial charge in [0.25, 0.3) is 0 Å². The lowest BCUT2D eigenvalue weighted by molar-refractivity contribution is -0.120. The average Bonchev–Trinajstić information content (AvgIpc) is 2.81. The number of Topliss-reactive ketones (excluding diaryl/α,β-unsaturated/α-hetero) is 1. The van der Waals surface area contributed by atoms with Crippen LogP contribution in [-0.4, -0.2) is 18.9 Å². The second-order valence-corrected chi connectivity index (χ2v) is 5.37. The third-order valence-electron chi connectivity index (χ3n) is 3.19. The van der Waals surface area contributed by atoms with Crippen LogP contribution >= 0.6 is 11.3 Å². The van der Waals surface area contributed by atoms with Gasteiger partial charge in [0.15, 0.2) is 0 Å². The molecule has 1 saturated heterocycles. The predicted molar refractivity (Wildman–Crippen MR) is 67.9 cm³/mol. The van der Waals surface area contributed by atoms with Crippen LogP contribution < -0.4 is 5.32 Å². The van der Waals surface area contributed by atoms with Gasteiger partial charge in [0.1, 0.15) is 5.78 Å². The molecule has 2 rings (SSSR count). The van der Waals surface area contributed by atoms with E-state index >= 15 is 0 Å². The SMILES string of the molecule is O=C(CCc1ccsc1)CC1CCCNC1. The highest BCUT2D eigenvalue weighted by molar-refractivity contribution is 7.07. The van der Waals surface area contributed by atoms with Crippen LogP contribution in [0.1, 0.15) is 31.2 Å². The molecule has 0 bridgehead atoms. The molecule has 1 aromatic rings. The summed E-state index contributed by atoms with van der Waals surface area (Å²) >= 11 is 1.71. The molecule has 0 spiro atoms. The Bertz CT molecular complexity index is 315. The Morgan fingerprint density at radius 3 is 3.19 bits per heavy atom. The number of thiophene rings is 1. The topological polar surface area (TPSA) is 29.1 Å². The average molecular weight is 237 g/mol. The fourth-order valence-electron chi connectivity index (χ4n) is 2.24. The molecular weight excluding hydrogens is 218 g/mol. The molecule has 2 heterocycles. The molecule has 1 N–H and O–H groups in total. The third-order valence-corrected chi connectivity index (χ3v) is 3.92. The number of hydrogen-bond acceptors (Lipinski definition) is 3. The number of ketones is 1. The monoisotopic (exact) mass is 237 g/mol. The minimum atomic E-state index is 0.430. The van der Waals surface area contributed by atoms with Crippen molar-refractivity contribution in [2.45, 2.75) is 32.1 Å². The maximum Gasteiger partial charge on any atom is 0.133 e. The van der Waals surface area contributed by atoms with Gasteiger partial charge >= 0.3 is 0 Å². The van der Waals surface area contributed by atoms with Gasteiger partial charge in [-0.1, -0.05) is 0 Å². The lowest BCUT2D eigenvalue weighted by atomic mass is 9.92. The lowest BCUT2D eigenvalue weighted by Crippen LogP contribution is -2.31. The van der Waals surface area contributed by atoms with E-state index in [1.807, 2.05) is 0 Å². The number of nitrogens with one attached hydrogen (secondary N) is 1. The summed E-state index contributed by atoms with van der Waals surface area (Å²) in [5.41, 5.74) is 1.31. The first-order chi connectivity index (χ1) is 7.84. The van der Waals surface area contributed by atoms with Crippen molar-refractivity contribution in [1.82, 2.24) is 5.32 Å². The van der Waals surface area contributed by atoms with Crippen molar-refractivity contribution in [2.75, 3.05) is 13.1 Å². The van der Waals surface area contributed by atoms with Gasteiger partial charge in [-0.05, 0) is 60.7 Å². The van der Waals surface area contributed by atoms with Crippen LogP contribution in [-0.2, 0) is 11.2 Å². The molecule has 1 atom stereocenters. The Balaban J connectivity index is 1.67. The largest absolute Gasteiger partial charge is 0.316 e. The number of carbonyl (C=O) groups is 1. The molecule has 0 radical (unpaired) electrons. The second kappa shape index (κ2) is 6.16. The van der Waals surface area contributed by atoms with Gasteiger partial charge in [-0.15, -0.1) is 0 Å². The van der Waals surface area contributed by atoms with Crippen molar-refractivity contribution in [2.24, 2.45) is 5.92 Å². The van der Waals surface area contributed by atoms with Crippen LogP contribution in [0.2, 0.25) is 0 Å². The van der Waals surface area contributed by atoms with Crippen molar-refractivity contribution in [1.29, 1.82) is 0 Å². The molecule has 1 fully saturated rings. The van der Waals surface area contributed by atoms with Crippen LogP contribution in [0.25, 0.3) is 0 Å². The summed E-state index contributed by atoms with van der Waals surface area (Å²) in [5, 5.41) is 7.57. The van der Waals surface area contributed by atoms with Gasteiger partial charge in [-0.3, -0.25) is 4.79 Å². The van der Waals surface area contributed by atoms with Crippen LogP contribution in [0.3, 0.4) is 0 Å². The molecule has 1 unspecified atom stereocenters. The summed E-state index contributed by atoms with van der Waals surface area (Å²) in [5.74, 6) is 1.02. The fraction of sp³-hybridized carbons (Fsp3) is 0.615. The zero-order valence-corrected chi connectivity index (χ0v) is 10.4. The first-order valence-corrected chi connectivity index (χ1v) is 7.02. The Morgan fingerprint density at radius 2 is 2.50 bits per heavy atom. The van der Waals surface area contributed by atoms with Crippen LogP contribution in [0.4, 0.5) is 0 Å². The van der Waals surface area contributed by atoms with E-state index in [4.69, 9.17) is 0 Å². The maximum atomic E-state index is 11.8. The first kappa shape index (κ1) is 11.8. The fourth-order valence-corrected chi connectivity index (χ4v) is 2.94. The quantitative estimate of drug-likeness (QED) is 0.853. The predicted octanol–water partition coefficient (Wildman–Crippen LogP) is 2.64. The number of carbonyl (C=O) groups excluding carboxylic acids is 1. The molecule has 2 nitrogen and oxygen atoms in total. The van der Waals surface area contributed by atoms with E-state index in [9.17, 15) is 4.79 Å². The van der Waals surface area contributed by atoms with E-state index in [-0.39, 0.29) is 0 Å². The van der Waals surface area contributed by atoms with E-state index in [1.165, 1.54) is 18.4 Å². The van der Waals surface area contributed by atoms with Crippen LogP contribution in [0, 0.1) is 5.92 Å². The van der Waals surface area contributed by atoms with Crippen molar-refractivity contribution in [3.8, 4) is 0 Å². The summed E-state index contributed by atoms with van der Waals surface area (Å²) in [6, 6.07) is 2.11. The van der Waals surface area contributed by atoms with E-state index in [1.54, 1.807) is 11.3 Å². The van der Waals surface area contributed by atoms with E-state index in [0.29, 0.717) is 18.1 Å². The Kier molecular flexibility index (Phi) is 4.55. The highest BCUT2D eigenvalue weighted by Gasteiger charge is 2.16. The molecule has 88 valence electrons. The summed E-state index contributed by atoms with van der Waals surface area (Å²) in [7, 11) is 0. The summed E-state index contributed by atoms with van der Waals surface area (Å²) in [4.78, 5) is 11.8. The normalized spacial score (nSPS) is 20.9. The lowest BCUT2D eigenvalue weighted by Gasteiger charge is -2.21. The molecule has 1 aliphatic rings. The Labute approximate surface area is 101 Å². The number of rotatable bonds is 5. The molecule has 0 aliphatic carbocycles. The van der Waals surface area contributed by atoms with E-state index in [0.717, 1.165) is 25.9 Å². The summed E-state index contributed by atoms with van der Waals surface area (Å²) in [6.45, 7) is 2.16. The second-order valence-electron chi connectivity index (χ2n) is 4.59. The van der Waals surface area contributed by atoms with Crippen molar-refractivity contribution in [3.63, 3.8) is 0 Å². The van der Waals surface area contributed by atoms with Crippen molar-refractivity contribution in [3.05, 3.63) is 22.4 Å². The summed E-state index contributed by atoms with van der Waals surface area (Å²) in [6.07, 6.45) is 4.85. The number of piperidine rings is 1. The number of hydrogen-bond donors (Lipinski definition) is 1. The maximum absolute atomic E-state index is 11.8. The van der Waals surface area contributed by atoms with E-state index in [2.05, 4.69) is 22.1 Å². The zero-order valence-electron chi connectivity index (χ0n) is 9.58. The molecule has 0 saturated carbocycles. The highest BCUT2D eigenvalue weighted by atomic mass is 32.1. The Morgan fingerprint density at radius 1 is 1.56 bits per heavy atom. The first-order valence-electron chi connectivity index (χ1n) is 6.08. The molecular formula is C13H19NOS. The van der Waals surface area contributed by atoms with Crippen LogP contribution in [0.5, 0.6) is 0 Å². The molecule has 0 amide bonds. The van der Waals surface area contributed by atoms with Crippen LogP contribution in [0.15, 0.2) is 16.8 Å². The number of aryl methyl sites for hydroxylation is 1. The van der Waals surface area contributed by atoms with Gasteiger partial charge in [-0.2, -0.15) is 11.3 Å². The smallest absolute Gasteiger partial charge is 0.133 e. The molecule has 16 heavy (non-hydrogen) atoms.